The number of benzene rings is 8. The van der Waals surface area contributed by atoms with E-state index in [0.717, 1.165) is 0 Å². The van der Waals surface area contributed by atoms with Gasteiger partial charge in [0.2, 0.25) is 0 Å². The van der Waals surface area contributed by atoms with Crippen molar-refractivity contribution in [2.45, 2.75) is 0 Å². The van der Waals surface area contributed by atoms with E-state index in [1.54, 1.807) is 0 Å². The zero-order valence-electron chi connectivity index (χ0n) is 32.5. The molecule has 2 aliphatic heterocycles. The van der Waals surface area contributed by atoms with Crippen LogP contribution in [0.2, 0.25) is 0 Å². The molecule has 0 aromatic heterocycles. The highest BCUT2D eigenvalue weighted by Gasteiger charge is 2.30. The summed E-state index contributed by atoms with van der Waals surface area (Å²) in [6.45, 7) is 0. The van der Waals surface area contributed by atoms with E-state index in [0.29, 0.717) is 0 Å². The van der Waals surface area contributed by atoms with Gasteiger partial charge in [-0.3, -0.25) is 0 Å². The molecule has 0 spiro atoms. The molecular formula is C56H44Si2. The highest BCUT2D eigenvalue weighted by Crippen LogP contribution is 2.49. The Hall–Kier alpha value is -6.85. The van der Waals surface area contributed by atoms with Crippen LogP contribution in [-0.2, 0) is 0 Å². The minimum absolute atomic E-state index is 0.649. The van der Waals surface area contributed by atoms with Crippen molar-refractivity contribution in [2.75, 3.05) is 0 Å². The smallest absolute Gasteiger partial charge is 0.0622 e. The number of hydrogen-bond acceptors (Lipinski definition) is 0. The first-order valence-electron chi connectivity index (χ1n) is 20.2. The van der Waals surface area contributed by atoms with Gasteiger partial charge in [0.1, 0.15) is 0 Å². The molecule has 0 saturated carbocycles. The van der Waals surface area contributed by atoms with Crippen LogP contribution in [0.4, 0.5) is 0 Å². The third-order valence-electron chi connectivity index (χ3n) is 11.2. The second-order valence-electron chi connectivity index (χ2n) is 14.7. The first-order chi connectivity index (χ1) is 28.8. The lowest BCUT2D eigenvalue weighted by atomic mass is 9.89. The van der Waals surface area contributed by atoms with E-state index in [-0.39, 0.29) is 0 Å². The Morgan fingerprint density at radius 3 is 0.448 bits per heavy atom. The maximum atomic E-state index is 2.27. The van der Waals surface area contributed by atoms with Crippen molar-refractivity contribution in [3.05, 3.63) is 287 Å². The number of allylic oxidation sites excluding steroid dienone is 4. The molecule has 276 valence electrons. The quantitative estimate of drug-likeness (QED) is 0.135. The van der Waals surface area contributed by atoms with E-state index in [9.17, 15) is 0 Å². The average molecular weight is 773 g/mol. The van der Waals surface area contributed by atoms with E-state index >= 15 is 0 Å². The monoisotopic (exact) mass is 772 g/mol. The van der Waals surface area contributed by atoms with Gasteiger partial charge in [-0.05, 0) is 87.6 Å². The number of hydrogen-bond donors (Lipinski definition) is 0. The van der Waals surface area contributed by atoms with Gasteiger partial charge >= 0.3 is 0 Å². The fraction of sp³-hybridized carbons (Fsp3) is 0. The standard InChI is InChI=1S/2C28H22Si/c2*1-5-13-21(14-6-1)25-26(22-15-7-2-8-16-22)28(24-19-11-4-12-20-24)29-27(25)23-17-9-3-10-18-23/h2*1-20H,29H2. The van der Waals surface area contributed by atoms with Crippen molar-refractivity contribution in [3.8, 4) is 0 Å². The molecule has 0 N–H and O–H groups in total. The van der Waals surface area contributed by atoms with E-state index in [1.807, 2.05) is 0 Å². The maximum Gasteiger partial charge on any atom is 0.0907 e. The maximum absolute atomic E-state index is 2.27. The van der Waals surface area contributed by atoms with Crippen molar-refractivity contribution in [3.63, 3.8) is 0 Å². The largest absolute Gasteiger partial charge is 0.0907 e. The third-order valence-corrected chi connectivity index (χ3v) is 15.6. The van der Waals surface area contributed by atoms with Crippen LogP contribution in [0.25, 0.3) is 43.1 Å². The Bertz CT molecular complexity index is 2350. The van der Waals surface area contributed by atoms with Gasteiger partial charge in [0, 0.05) is 0 Å². The lowest BCUT2D eigenvalue weighted by Gasteiger charge is -2.15. The second-order valence-corrected chi connectivity index (χ2v) is 18.2. The summed E-state index contributed by atoms with van der Waals surface area (Å²) in [6, 6.07) is 87.4. The van der Waals surface area contributed by atoms with Crippen LogP contribution in [0.5, 0.6) is 0 Å². The minimum atomic E-state index is -0.649. The molecule has 0 nitrogen and oxygen atoms in total. The van der Waals surface area contributed by atoms with Gasteiger partial charge in [0.25, 0.3) is 0 Å². The highest BCUT2D eigenvalue weighted by atomic mass is 28.2. The Kier molecular flexibility index (Phi) is 11.1. The predicted octanol–water partition coefficient (Wildman–Crippen LogP) is 12.6. The average Bonchev–Trinajstić information content (AvgIpc) is 3.93. The van der Waals surface area contributed by atoms with Crippen LogP contribution in [0, 0.1) is 0 Å². The fourth-order valence-corrected chi connectivity index (χ4v) is 13.2. The highest BCUT2D eigenvalue weighted by molar-refractivity contribution is 6.87. The Balaban J connectivity index is 0.000000150. The molecule has 10 rings (SSSR count). The summed E-state index contributed by atoms with van der Waals surface area (Å²) in [5.41, 5.74) is 16.3. The first-order valence-corrected chi connectivity index (χ1v) is 23.0. The van der Waals surface area contributed by atoms with Crippen molar-refractivity contribution >= 4 is 62.1 Å². The topological polar surface area (TPSA) is 0 Å². The summed E-state index contributed by atoms with van der Waals surface area (Å²) in [4.78, 5) is 0. The second kappa shape index (κ2) is 17.5. The predicted molar refractivity (Wildman–Crippen MR) is 256 cm³/mol. The van der Waals surface area contributed by atoms with Crippen LogP contribution in [-0.4, -0.2) is 19.0 Å². The van der Waals surface area contributed by atoms with E-state index in [1.165, 1.54) is 87.6 Å². The Morgan fingerprint density at radius 2 is 0.293 bits per heavy atom. The Morgan fingerprint density at radius 1 is 0.155 bits per heavy atom. The van der Waals surface area contributed by atoms with Gasteiger partial charge in [-0.25, -0.2) is 0 Å². The summed E-state index contributed by atoms with van der Waals surface area (Å²) in [5, 5.41) is 6.15. The molecule has 0 fully saturated rings. The molecule has 0 radical (unpaired) electrons. The molecule has 0 atom stereocenters. The molecule has 0 bridgehead atoms. The molecule has 2 aliphatic rings. The summed E-state index contributed by atoms with van der Waals surface area (Å²) >= 11 is 0. The van der Waals surface area contributed by atoms with Crippen LogP contribution in [0.15, 0.2) is 243 Å². The molecule has 2 heterocycles. The SMILES string of the molecule is c1ccc(C2=C(c3ccccc3)C(c3ccccc3)=C(c3ccccc3)[SiH2]2)cc1.c1ccc(C2=C(c3ccccc3)C(c3ccccc3)=C(c3ccccc3)[SiH2]2)cc1. The van der Waals surface area contributed by atoms with E-state index in [4.69, 9.17) is 0 Å². The summed E-state index contributed by atoms with van der Waals surface area (Å²) < 4.78 is 0. The van der Waals surface area contributed by atoms with Gasteiger partial charge in [-0.2, -0.15) is 0 Å². The van der Waals surface area contributed by atoms with Crippen LogP contribution in [0.3, 0.4) is 0 Å². The van der Waals surface area contributed by atoms with Gasteiger partial charge in [-0.1, -0.05) is 243 Å². The molecule has 8 aromatic carbocycles. The molecule has 8 aromatic rings. The molecule has 58 heavy (non-hydrogen) atoms. The zero-order valence-corrected chi connectivity index (χ0v) is 35.3. The van der Waals surface area contributed by atoms with Crippen molar-refractivity contribution < 1.29 is 0 Å². The summed E-state index contributed by atoms with van der Waals surface area (Å²) in [5.74, 6) is 0. The molecule has 0 amide bonds. The first kappa shape index (κ1) is 36.8. The lowest BCUT2D eigenvalue weighted by molar-refractivity contribution is 1.58. The Labute approximate surface area is 347 Å². The van der Waals surface area contributed by atoms with Crippen molar-refractivity contribution in [2.24, 2.45) is 0 Å². The van der Waals surface area contributed by atoms with Gasteiger partial charge in [-0.15, -0.1) is 0 Å². The van der Waals surface area contributed by atoms with Crippen molar-refractivity contribution in [1.29, 1.82) is 0 Å². The number of rotatable bonds is 8. The molecule has 0 saturated heterocycles. The molecule has 0 aliphatic carbocycles. The van der Waals surface area contributed by atoms with Crippen molar-refractivity contribution in [1.82, 2.24) is 0 Å². The van der Waals surface area contributed by atoms with Crippen LogP contribution in [0.1, 0.15) is 44.5 Å². The normalized spacial score (nSPS) is 13.8. The third kappa shape index (κ3) is 7.77. The molecular weight excluding hydrogens is 729 g/mol. The van der Waals surface area contributed by atoms with E-state index < -0.39 is 19.0 Å². The fourth-order valence-electron chi connectivity index (χ4n) is 8.55. The minimum Gasteiger partial charge on any atom is -0.0622 e. The zero-order chi connectivity index (χ0) is 38.9. The van der Waals surface area contributed by atoms with Gasteiger partial charge < -0.3 is 0 Å². The van der Waals surface area contributed by atoms with Crippen LogP contribution < -0.4 is 0 Å². The molecule has 2 heteroatoms. The van der Waals surface area contributed by atoms with E-state index in [2.05, 4.69) is 243 Å². The summed E-state index contributed by atoms with van der Waals surface area (Å²) in [7, 11) is -1.30. The lowest BCUT2D eigenvalue weighted by Crippen LogP contribution is -1.96. The van der Waals surface area contributed by atoms with Gasteiger partial charge in [0.05, 0.1) is 19.0 Å². The summed E-state index contributed by atoms with van der Waals surface area (Å²) in [6.07, 6.45) is 0. The van der Waals surface area contributed by atoms with Gasteiger partial charge in [0.15, 0.2) is 0 Å². The molecule has 0 unspecified atom stereocenters. The van der Waals surface area contributed by atoms with Crippen LogP contribution >= 0.6 is 0 Å².